The monoisotopic (exact) mass is 440 g/mol. The SMILES string of the molecule is CC(CO)C1=CC[C@]2(C)CC[C@]3(C)[C@H](CC[C@@H]4[C@@]5(C)CCC(=O)C(C)(C)[C@@H]5CC[C@]43C)[C@@H]12. The Kier molecular flexibility index (Phi) is 5.03. The van der Waals surface area contributed by atoms with Crippen LogP contribution in [0, 0.1) is 56.7 Å². The van der Waals surface area contributed by atoms with Crippen molar-refractivity contribution in [1.82, 2.24) is 0 Å². The van der Waals surface area contributed by atoms with E-state index >= 15 is 0 Å². The number of aliphatic hydroxyl groups is 1. The van der Waals surface area contributed by atoms with Gasteiger partial charge in [-0.25, -0.2) is 0 Å². The van der Waals surface area contributed by atoms with Crippen molar-refractivity contribution in [2.24, 2.45) is 56.7 Å². The van der Waals surface area contributed by atoms with Crippen molar-refractivity contribution in [3.05, 3.63) is 11.6 Å². The van der Waals surface area contributed by atoms with Gasteiger partial charge in [-0.05, 0) is 96.7 Å². The molecule has 2 nitrogen and oxygen atoms in total. The molecular formula is C30H48O2. The number of aliphatic hydroxyl groups excluding tert-OH is 1. The van der Waals surface area contributed by atoms with Crippen LogP contribution in [0.5, 0.6) is 0 Å². The summed E-state index contributed by atoms with van der Waals surface area (Å²) < 4.78 is 0. The highest BCUT2D eigenvalue weighted by Gasteiger charge is 2.69. The van der Waals surface area contributed by atoms with Gasteiger partial charge >= 0.3 is 0 Å². The van der Waals surface area contributed by atoms with Gasteiger partial charge in [0.05, 0.1) is 0 Å². The molecule has 32 heavy (non-hydrogen) atoms. The van der Waals surface area contributed by atoms with Crippen LogP contribution in [0.15, 0.2) is 11.6 Å². The van der Waals surface area contributed by atoms with Crippen molar-refractivity contribution < 1.29 is 9.90 Å². The Morgan fingerprint density at radius 2 is 1.66 bits per heavy atom. The van der Waals surface area contributed by atoms with E-state index in [0.29, 0.717) is 45.2 Å². The number of hydrogen-bond donors (Lipinski definition) is 1. The third-order valence-corrected chi connectivity index (χ3v) is 13.1. The first kappa shape index (κ1) is 23.1. The summed E-state index contributed by atoms with van der Waals surface area (Å²) in [6.07, 6.45) is 13.5. The smallest absolute Gasteiger partial charge is 0.138 e. The lowest BCUT2D eigenvalue weighted by Crippen LogP contribution is -2.66. The Labute approximate surface area is 197 Å². The van der Waals surface area contributed by atoms with Gasteiger partial charge in [-0.2, -0.15) is 0 Å². The molecule has 4 fully saturated rings. The van der Waals surface area contributed by atoms with Crippen LogP contribution < -0.4 is 0 Å². The summed E-state index contributed by atoms with van der Waals surface area (Å²) in [6, 6.07) is 0. The first-order valence-electron chi connectivity index (χ1n) is 13.7. The fraction of sp³-hybridized carbons (Fsp3) is 0.900. The van der Waals surface area contributed by atoms with Gasteiger partial charge in [-0.15, -0.1) is 0 Å². The molecule has 180 valence electrons. The zero-order valence-electron chi connectivity index (χ0n) is 21.9. The average molecular weight is 441 g/mol. The van der Waals surface area contributed by atoms with E-state index in [1.807, 2.05) is 0 Å². The maximum atomic E-state index is 12.9. The largest absolute Gasteiger partial charge is 0.396 e. The van der Waals surface area contributed by atoms with E-state index in [4.69, 9.17) is 0 Å². The molecule has 0 heterocycles. The number of carbonyl (C=O) groups is 1. The van der Waals surface area contributed by atoms with Crippen molar-refractivity contribution >= 4 is 5.78 Å². The second-order valence-corrected chi connectivity index (χ2v) is 14.4. The van der Waals surface area contributed by atoms with Gasteiger partial charge in [0, 0.05) is 24.4 Å². The highest BCUT2D eigenvalue weighted by atomic mass is 16.3. The third-order valence-electron chi connectivity index (χ3n) is 13.1. The Bertz CT molecular complexity index is 840. The molecular weight excluding hydrogens is 392 g/mol. The molecule has 2 heteroatoms. The summed E-state index contributed by atoms with van der Waals surface area (Å²) in [5.74, 6) is 3.47. The minimum absolute atomic E-state index is 0.158. The molecule has 0 aromatic rings. The molecule has 0 bridgehead atoms. The predicted molar refractivity (Wildman–Crippen MR) is 131 cm³/mol. The van der Waals surface area contributed by atoms with Crippen LogP contribution in [0.4, 0.5) is 0 Å². The van der Waals surface area contributed by atoms with Crippen molar-refractivity contribution in [1.29, 1.82) is 0 Å². The van der Waals surface area contributed by atoms with E-state index < -0.39 is 0 Å². The molecule has 5 aliphatic rings. The van der Waals surface area contributed by atoms with Gasteiger partial charge in [0.15, 0.2) is 0 Å². The lowest BCUT2D eigenvalue weighted by molar-refractivity contribution is -0.228. The van der Waals surface area contributed by atoms with Gasteiger partial charge in [0.2, 0.25) is 0 Å². The molecule has 0 radical (unpaired) electrons. The standard InChI is InChI=1S/C30H48O2/c1-19(18-31)20-10-13-27(4)16-17-29(6)21(25(20)27)8-9-23-28(5)14-12-24(32)26(2,3)22(28)11-15-30(23,29)7/h10,19,21-23,25,31H,8-9,11-18H2,1-7H3/t19?,21-,22+,23-,25-,27-,28+,29-,30-/m1/s1. The first-order valence-corrected chi connectivity index (χ1v) is 13.7. The minimum Gasteiger partial charge on any atom is -0.396 e. The summed E-state index contributed by atoms with van der Waals surface area (Å²) in [4.78, 5) is 12.9. The lowest BCUT2D eigenvalue weighted by Gasteiger charge is -2.72. The fourth-order valence-corrected chi connectivity index (χ4v) is 10.9. The number of allylic oxidation sites excluding steroid dienone is 1. The number of carbonyl (C=O) groups excluding carboxylic acids is 1. The molecule has 5 aliphatic carbocycles. The molecule has 1 unspecified atom stereocenters. The molecule has 1 N–H and O–H groups in total. The molecule has 0 spiro atoms. The Balaban J connectivity index is 1.54. The molecule has 9 atom stereocenters. The number of hydrogen-bond acceptors (Lipinski definition) is 2. The van der Waals surface area contributed by atoms with E-state index in [-0.39, 0.29) is 12.0 Å². The molecule has 0 aromatic heterocycles. The van der Waals surface area contributed by atoms with E-state index in [0.717, 1.165) is 24.7 Å². The van der Waals surface area contributed by atoms with Gasteiger partial charge < -0.3 is 5.11 Å². The van der Waals surface area contributed by atoms with Gasteiger partial charge in [0.25, 0.3) is 0 Å². The Morgan fingerprint density at radius 3 is 2.34 bits per heavy atom. The van der Waals surface area contributed by atoms with Crippen LogP contribution in [0.1, 0.15) is 106 Å². The molecule has 0 amide bonds. The Morgan fingerprint density at radius 1 is 0.938 bits per heavy atom. The van der Waals surface area contributed by atoms with Crippen LogP contribution in [-0.2, 0) is 4.79 Å². The van der Waals surface area contributed by atoms with E-state index in [9.17, 15) is 9.90 Å². The van der Waals surface area contributed by atoms with Crippen LogP contribution in [0.3, 0.4) is 0 Å². The van der Waals surface area contributed by atoms with Crippen LogP contribution in [0.25, 0.3) is 0 Å². The fourth-order valence-electron chi connectivity index (χ4n) is 10.9. The van der Waals surface area contributed by atoms with Crippen molar-refractivity contribution in [3.63, 3.8) is 0 Å². The third kappa shape index (κ3) is 2.65. The summed E-state index contributed by atoms with van der Waals surface area (Å²) >= 11 is 0. The number of ketones is 1. The highest BCUT2D eigenvalue weighted by Crippen LogP contribution is 2.76. The number of Topliss-reactive ketones (excluding diaryl/α,β-unsaturated/α-hetero) is 1. The van der Waals surface area contributed by atoms with Crippen LogP contribution in [0.2, 0.25) is 0 Å². The van der Waals surface area contributed by atoms with Crippen LogP contribution >= 0.6 is 0 Å². The first-order chi connectivity index (χ1) is 14.8. The Hall–Kier alpha value is -0.630. The minimum atomic E-state index is -0.158. The molecule has 5 rings (SSSR count). The summed E-state index contributed by atoms with van der Waals surface area (Å²) in [5, 5.41) is 10.0. The normalized spacial score (nSPS) is 52.9. The number of fused-ring (bicyclic) bond motifs is 7. The number of rotatable bonds is 2. The summed E-state index contributed by atoms with van der Waals surface area (Å²) in [5.41, 5.74) is 2.83. The van der Waals surface area contributed by atoms with E-state index in [1.54, 1.807) is 5.57 Å². The molecule has 0 saturated heterocycles. The van der Waals surface area contributed by atoms with E-state index in [2.05, 4.69) is 54.5 Å². The zero-order chi connectivity index (χ0) is 23.3. The second kappa shape index (κ2) is 6.96. The quantitative estimate of drug-likeness (QED) is 0.461. The molecule has 0 aromatic carbocycles. The van der Waals surface area contributed by atoms with Gasteiger partial charge in [-0.1, -0.05) is 60.1 Å². The lowest BCUT2D eigenvalue weighted by atomic mass is 9.32. The molecule has 4 saturated carbocycles. The maximum absolute atomic E-state index is 12.9. The average Bonchev–Trinajstić information content (AvgIpc) is 3.09. The van der Waals surface area contributed by atoms with Crippen molar-refractivity contribution in [3.8, 4) is 0 Å². The summed E-state index contributed by atoms with van der Waals surface area (Å²) in [7, 11) is 0. The maximum Gasteiger partial charge on any atom is 0.138 e. The van der Waals surface area contributed by atoms with Gasteiger partial charge in [-0.3, -0.25) is 4.79 Å². The second-order valence-electron chi connectivity index (χ2n) is 14.4. The van der Waals surface area contributed by atoms with Crippen LogP contribution in [-0.4, -0.2) is 17.5 Å². The molecule has 0 aliphatic heterocycles. The predicted octanol–water partition coefficient (Wildman–Crippen LogP) is 7.21. The summed E-state index contributed by atoms with van der Waals surface area (Å²) in [6.45, 7) is 17.5. The topological polar surface area (TPSA) is 37.3 Å². The van der Waals surface area contributed by atoms with E-state index in [1.165, 1.54) is 44.9 Å². The van der Waals surface area contributed by atoms with Crippen molar-refractivity contribution in [2.75, 3.05) is 6.61 Å². The van der Waals surface area contributed by atoms with Gasteiger partial charge in [0.1, 0.15) is 5.78 Å². The van der Waals surface area contributed by atoms with Crippen molar-refractivity contribution in [2.45, 2.75) is 106 Å². The highest BCUT2D eigenvalue weighted by molar-refractivity contribution is 5.85. The zero-order valence-corrected chi connectivity index (χ0v) is 21.9.